The molecular weight excluding hydrogens is 328 g/mol. The van der Waals surface area contributed by atoms with Crippen molar-refractivity contribution in [1.82, 2.24) is 9.62 Å². The Kier molecular flexibility index (Phi) is 5.25. The summed E-state index contributed by atoms with van der Waals surface area (Å²) in [6, 6.07) is 4.29. The number of carbonyl (C=O) groups excluding carboxylic acids is 1. The number of rotatable bonds is 4. The molecule has 1 saturated heterocycles. The lowest BCUT2D eigenvalue weighted by molar-refractivity contribution is -0.125. The van der Waals surface area contributed by atoms with E-state index in [4.69, 9.17) is 4.74 Å². The Balaban J connectivity index is 2.36. The van der Waals surface area contributed by atoms with Crippen molar-refractivity contribution in [2.75, 3.05) is 13.7 Å². The van der Waals surface area contributed by atoms with Gasteiger partial charge in [-0.05, 0) is 52.2 Å². The number of amides is 1. The second-order valence-corrected chi connectivity index (χ2v) is 9.00. The lowest BCUT2D eigenvalue weighted by Gasteiger charge is -2.28. The first kappa shape index (κ1) is 18.7. The van der Waals surface area contributed by atoms with E-state index in [1.807, 2.05) is 20.8 Å². The highest BCUT2D eigenvalue weighted by Gasteiger charge is 2.40. The fraction of sp³-hybridized carbons (Fsp3) is 0.588. The topological polar surface area (TPSA) is 75.7 Å². The molecule has 0 aromatic heterocycles. The first-order chi connectivity index (χ1) is 11.1. The second kappa shape index (κ2) is 6.72. The minimum Gasteiger partial charge on any atom is -0.497 e. The average molecular weight is 354 g/mol. The van der Waals surface area contributed by atoms with E-state index in [-0.39, 0.29) is 10.8 Å². The van der Waals surface area contributed by atoms with Crippen molar-refractivity contribution in [3.05, 3.63) is 23.8 Å². The highest BCUT2D eigenvalue weighted by atomic mass is 32.2. The lowest BCUT2D eigenvalue weighted by atomic mass is 10.1. The molecule has 6 nitrogen and oxygen atoms in total. The van der Waals surface area contributed by atoms with E-state index in [1.54, 1.807) is 19.1 Å². The van der Waals surface area contributed by atoms with Gasteiger partial charge in [0, 0.05) is 18.2 Å². The molecule has 1 N–H and O–H groups in total. The van der Waals surface area contributed by atoms with Crippen LogP contribution >= 0.6 is 0 Å². The molecule has 2 rings (SSSR count). The van der Waals surface area contributed by atoms with Gasteiger partial charge in [-0.15, -0.1) is 0 Å². The summed E-state index contributed by atoms with van der Waals surface area (Å²) in [5.41, 5.74) is 0.235. The fourth-order valence-corrected chi connectivity index (χ4v) is 4.75. The van der Waals surface area contributed by atoms with E-state index in [9.17, 15) is 13.2 Å². The molecule has 1 atom stereocenters. The van der Waals surface area contributed by atoms with Gasteiger partial charge in [0.05, 0.1) is 12.0 Å². The normalized spacial score (nSPS) is 19.3. The molecule has 7 heteroatoms. The first-order valence-electron chi connectivity index (χ1n) is 8.05. The Morgan fingerprint density at radius 1 is 1.33 bits per heavy atom. The molecule has 24 heavy (non-hydrogen) atoms. The van der Waals surface area contributed by atoms with E-state index < -0.39 is 21.6 Å². The molecule has 1 unspecified atom stereocenters. The molecule has 1 heterocycles. The zero-order valence-electron chi connectivity index (χ0n) is 14.9. The summed E-state index contributed by atoms with van der Waals surface area (Å²) in [4.78, 5) is 12.7. The Hall–Kier alpha value is -1.60. The Morgan fingerprint density at radius 2 is 2.00 bits per heavy atom. The first-order valence-corrected chi connectivity index (χ1v) is 9.49. The standard InChI is InChI=1S/C17H26N2O4S/c1-12-8-9-13(23-5)11-15(12)24(21,22)19-10-6-7-14(19)16(20)18-17(2,3)4/h8-9,11,14H,6-7,10H2,1-5H3,(H,18,20). The molecule has 0 aliphatic carbocycles. The molecule has 1 aliphatic heterocycles. The lowest BCUT2D eigenvalue weighted by Crippen LogP contribution is -2.51. The van der Waals surface area contributed by atoms with Gasteiger partial charge in [0.25, 0.3) is 0 Å². The summed E-state index contributed by atoms with van der Waals surface area (Å²) in [6.07, 6.45) is 1.20. The molecule has 1 amide bonds. The Morgan fingerprint density at radius 3 is 2.58 bits per heavy atom. The van der Waals surface area contributed by atoms with Crippen molar-refractivity contribution >= 4 is 15.9 Å². The predicted molar refractivity (Wildman–Crippen MR) is 92.5 cm³/mol. The monoisotopic (exact) mass is 354 g/mol. The second-order valence-electron chi connectivity index (χ2n) is 7.14. The van der Waals surface area contributed by atoms with Crippen LogP contribution in [-0.4, -0.2) is 43.9 Å². The zero-order valence-corrected chi connectivity index (χ0v) is 15.7. The van der Waals surface area contributed by atoms with Crippen molar-refractivity contribution < 1.29 is 17.9 Å². The van der Waals surface area contributed by atoms with Gasteiger partial charge in [-0.25, -0.2) is 8.42 Å². The summed E-state index contributed by atoms with van der Waals surface area (Å²) < 4.78 is 32.6. The van der Waals surface area contributed by atoms with Crippen molar-refractivity contribution in [3.63, 3.8) is 0 Å². The minimum atomic E-state index is -3.76. The van der Waals surface area contributed by atoms with Gasteiger partial charge in [0.2, 0.25) is 15.9 Å². The number of nitrogens with one attached hydrogen (secondary N) is 1. The SMILES string of the molecule is COc1ccc(C)c(S(=O)(=O)N2CCCC2C(=O)NC(C)(C)C)c1. The number of hydrogen-bond acceptors (Lipinski definition) is 4. The van der Waals surface area contributed by atoms with Gasteiger partial charge in [-0.3, -0.25) is 4.79 Å². The number of aryl methyl sites for hydroxylation is 1. The molecule has 0 spiro atoms. The highest BCUT2D eigenvalue weighted by molar-refractivity contribution is 7.89. The van der Waals surface area contributed by atoms with Gasteiger partial charge in [-0.2, -0.15) is 4.31 Å². The van der Waals surface area contributed by atoms with E-state index in [1.165, 1.54) is 17.5 Å². The van der Waals surface area contributed by atoms with Crippen LogP contribution in [0.5, 0.6) is 5.75 Å². The summed E-state index contributed by atoms with van der Waals surface area (Å²) in [5, 5.41) is 2.88. The molecule has 134 valence electrons. The van der Waals surface area contributed by atoms with Gasteiger partial charge < -0.3 is 10.1 Å². The minimum absolute atomic E-state index is 0.192. The number of hydrogen-bond donors (Lipinski definition) is 1. The number of sulfonamides is 1. The quantitative estimate of drug-likeness (QED) is 0.898. The molecule has 1 fully saturated rings. The average Bonchev–Trinajstić information content (AvgIpc) is 2.96. The number of ether oxygens (including phenoxy) is 1. The third kappa shape index (κ3) is 3.89. The number of carbonyl (C=O) groups is 1. The number of nitrogens with zero attached hydrogens (tertiary/aromatic N) is 1. The van der Waals surface area contributed by atoms with Gasteiger partial charge >= 0.3 is 0 Å². The van der Waals surface area contributed by atoms with Crippen LogP contribution in [0.1, 0.15) is 39.2 Å². The van der Waals surface area contributed by atoms with Crippen LogP contribution in [0.2, 0.25) is 0 Å². The van der Waals surface area contributed by atoms with Gasteiger partial charge in [0.1, 0.15) is 11.8 Å². The highest BCUT2D eigenvalue weighted by Crippen LogP contribution is 2.30. The van der Waals surface area contributed by atoms with Crippen LogP contribution < -0.4 is 10.1 Å². The van der Waals surface area contributed by atoms with Crippen LogP contribution in [-0.2, 0) is 14.8 Å². The number of methoxy groups -OCH3 is 1. The largest absolute Gasteiger partial charge is 0.497 e. The van der Waals surface area contributed by atoms with E-state index in [0.29, 0.717) is 30.7 Å². The maximum absolute atomic E-state index is 13.1. The molecule has 0 saturated carbocycles. The van der Waals surface area contributed by atoms with E-state index in [2.05, 4.69) is 5.32 Å². The summed E-state index contributed by atoms with van der Waals surface area (Å²) in [5.74, 6) is 0.234. The summed E-state index contributed by atoms with van der Waals surface area (Å²) in [6.45, 7) is 7.73. The van der Waals surface area contributed by atoms with Gasteiger partial charge in [-0.1, -0.05) is 6.07 Å². The third-order valence-corrected chi connectivity index (χ3v) is 6.04. The summed E-state index contributed by atoms with van der Waals surface area (Å²) in [7, 11) is -2.26. The summed E-state index contributed by atoms with van der Waals surface area (Å²) >= 11 is 0. The van der Waals surface area contributed by atoms with Crippen molar-refractivity contribution in [2.45, 2.75) is 57.0 Å². The van der Waals surface area contributed by atoms with Crippen molar-refractivity contribution in [2.24, 2.45) is 0 Å². The van der Waals surface area contributed by atoms with E-state index >= 15 is 0 Å². The number of benzene rings is 1. The van der Waals surface area contributed by atoms with Crippen LogP contribution in [0.3, 0.4) is 0 Å². The van der Waals surface area contributed by atoms with E-state index in [0.717, 1.165) is 0 Å². The predicted octanol–water partition coefficient (Wildman–Crippen LogP) is 2.07. The fourth-order valence-electron chi connectivity index (χ4n) is 2.85. The van der Waals surface area contributed by atoms with Crippen molar-refractivity contribution in [3.8, 4) is 5.75 Å². The Bertz CT molecular complexity index is 723. The molecule has 1 aromatic rings. The zero-order chi connectivity index (χ0) is 18.1. The van der Waals surface area contributed by atoms with Gasteiger partial charge in [0.15, 0.2) is 0 Å². The van der Waals surface area contributed by atoms with Crippen molar-refractivity contribution in [1.29, 1.82) is 0 Å². The molecule has 0 bridgehead atoms. The van der Waals surface area contributed by atoms with Crippen LogP contribution in [0.4, 0.5) is 0 Å². The van der Waals surface area contributed by atoms with Crippen LogP contribution in [0.25, 0.3) is 0 Å². The Labute approximate surface area is 144 Å². The molecule has 0 radical (unpaired) electrons. The van der Waals surface area contributed by atoms with Crippen LogP contribution in [0.15, 0.2) is 23.1 Å². The molecule has 1 aliphatic rings. The maximum atomic E-state index is 13.1. The maximum Gasteiger partial charge on any atom is 0.244 e. The molecular formula is C17H26N2O4S. The third-order valence-electron chi connectivity index (χ3n) is 3.99. The van der Waals surface area contributed by atoms with Crippen LogP contribution in [0, 0.1) is 6.92 Å². The smallest absolute Gasteiger partial charge is 0.244 e. The molecule has 1 aromatic carbocycles.